The molecule has 0 aliphatic heterocycles. The first-order valence-electron chi connectivity index (χ1n) is 2.42. The zero-order valence-corrected chi connectivity index (χ0v) is 4.70. The highest BCUT2D eigenvalue weighted by Gasteiger charge is 1.91. The van der Waals surface area contributed by atoms with Crippen molar-refractivity contribution < 1.29 is 0 Å². The molecule has 4 nitrogen and oxygen atoms in total. The fourth-order valence-corrected chi connectivity index (χ4v) is 0.474. The van der Waals surface area contributed by atoms with Gasteiger partial charge in [0, 0.05) is 11.8 Å². The van der Waals surface area contributed by atoms with E-state index in [1.54, 1.807) is 6.07 Å². The number of anilines is 1. The minimum Gasteiger partial charge on any atom is -0.382 e. The van der Waals surface area contributed by atoms with Gasteiger partial charge in [0.2, 0.25) is 0 Å². The Morgan fingerprint density at radius 1 is 1.67 bits per heavy atom. The second kappa shape index (κ2) is 2.21. The van der Waals surface area contributed by atoms with Gasteiger partial charge in [-0.15, -0.1) is 5.10 Å². The Morgan fingerprint density at radius 2 is 2.44 bits per heavy atom. The molecule has 0 aromatic carbocycles. The van der Waals surface area contributed by atoms with Crippen LogP contribution < -0.4 is 5.73 Å². The first-order chi connectivity index (χ1) is 4.34. The van der Waals surface area contributed by atoms with Crippen LogP contribution in [0.2, 0.25) is 0 Å². The van der Waals surface area contributed by atoms with Crippen LogP contribution in [0.5, 0.6) is 0 Å². The zero-order valence-electron chi connectivity index (χ0n) is 4.70. The van der Waals surface area contributed by atoms with Gasteiger partial charge in [0.25, 0.3) is 0 Å². The third-order valence-electron chi connectivity index (χ3n) is 0.937. The van der Waals surface area contributed by atoms with E-state index >= 15 is 0 Å². The van der Waals surface area contributed by atoms with Crippen molar-refractivity contribution in [1.82, 2.24) is 10.2 Å². The Labute approximate surface area is 52.2 Å². The Bertz CT molecular complexity index is 220. The lowest BCUT2D eigenvalue weighted by Crippen LogP contribution is -1.96. The van der Waals surface area contributed by atoms with Gasteiger partial charge in [0.05, 0.1) is 6.20 Å². The highest BCUT2D eigenvalue weighted by atomic mass is 15.1. The summed E-state index contributed by atoms with van der Waals surface area (Å²) in [6, 6.07) is 1.63. The molecule has 1 rings (SSSR count). The third kappa shape index (κ3) is 1.02. The highest BCUT2D eigenvalue weighted by molar-refractivity contribution is 5.82. The Balaban J connectivity index is 3.15. The molecule has 0 radical (unpaired) electrons. The summed E-state index contributed by atoms with van der Waals surface area (Å²) < 4.78 is 0. The van der Waals surface area contributed by atoms with Gasteiger partial charge in [0.15, 0.2) is 5.82 Å². The first-order valence-corrected chi connectivity index (χ1v) is 2.42. The van der Waals surface area contributed by atoms with Crippen LogP contribution in [0.25, 0.3) is 0 Å². The van der Waals surface area contributed by atoms with Crippen molar-refractivity contribution in [3.05, 3.63) is 17.8 Å². The van der Waals surface area contributed by atoms with E-state index in [1.165, 1.54) is 6.20 Å². The maximum atomic E-state index is 6.81. The standard InChI is InChI=1S/C5H6N4/c6-3-4-1-2-8-9-5(4)7/h1-3,6H,(H2,7,9). The molecule has 0 unspecified atom stereocenters. The lowest BCUT2D eigenvalue weighted by Gasteiger charge is -1.91. The lowest BCUT2D eigenvalue weighted by atomic mass is 10.3. The number of rotatable bonds is 1. The fraction of sp³-hybridized carbons (Fsp3) is 0. The maximum Gasteiger partial charge on any atom is 0.154 e. The number of nitrogen functional groups attached to an aromatic ring is 1. The third-order valence-corrected chi connectivity index (χ3v) is 0.937. The van der Waals surface area contributed by atoms with Gasteiger partial charge in [-0.3, -0.25) is 0 Å². The first kappa shape index (κ1) is 5.68. The number of nitrogens with one attached hydrogen (secondary N) is 1. The average molecular weight is 122 g/mol. The predicted octanol–water partition coefficient (Wildman–Crippen LogP) is 0.0565. The Morgan fingerprint density at radius 3 is 2.89 bits per heavy atom. The summed E-state index contributed by atoms with van der Waals surface area (Å²) >= 11 is 0. The zero-order chi connectivity index (χ0) is 6.69. The number of nitrogens with zero attached hydrogens (tertiary/aromatic N) is 2. The number of hydrogen-bond acceptors (Lipinski definition) is 4. The Kier molecular flexibility index (Phi) is 1.40. The van der Waals surface area contributed by atoms with E-state index < -0.39 is 0 Å². The maximum absolute atomic E-state index is 6.81. The van der Waals surface area contributed by atoms with Gasteiger partial charge in [-0.05, 0) is 6.07 Å². The van der Waals surface area contributed by atoms with Crippen molar-refractivity contribution >= 4 is 12.0 Å². The second-order valence-electron chi connectivity index (χ2n) is 1.52. The molecular formula is C5H6N4. The normalized spacial score (nSPS) is 8.89. The van der Waals surface area contributed by atoms with Crippen molar-refractivity contribution in [2.24, 2.45) is 0 Å². The molecule has 0 fully saturated rings. The molecule has 0 bridgehead atoms. The van der Waals surface area contributed by atoms with Crippen molar-refractivity contribution in [1.29, 1.82) is 5.41 Å². The Hall–Kier alpha value is -1.45. The minimum atomic E-state index is 0.299. The summed E-state index contributed by atoms with van der Waals surface area (Å²) in [5.41, 5.74) is 5.91. The van der Waals surface area contributed by atoms with E-state index in [2.05, 4.69) is 10.2 Å². The SMILES string of the molecule is N=Cc1ccnnc1N. The summed E-state index contributed by atoms with van der Waals surface area (Å²) in [6.45, 7) is 0. The molecule has 4 heteroatoms. The number of hydrogen-bond donors (Lipinski definition) is 2. The summed E-state index contributed by atoms with van der Waals surface area (Å²) in [5, 5.41) is 13.9. The quantitative estimate of drug-likeness (QED) is 0.517. The summed E-state index contributed by atoms with van der Waals surface area (Å²) in [7, 11) is 0. The van der Waals surface area contributed by atoms with Crippen LogP contribution in [0.3, 0.4) is 0 Å². The predicted molar refractivity (Wildman–Crippen MR) is 34.3 cm³/mol. The molecule has 1 aromatic heterocycles. The van der Waals surface area contributed by atoms with Crippen LogP contribution in [0.4, 0.5) is 5.82 Å². The van der Waals surface area contributed by atoms with Gasteiger partial charge in [-0.25, -0.2) is 0 Å². The van der Waals surface area contributed by atoms with Crippen LogP contribution in [0, 0.1) is 5.41 Å². The van der Waals surface area contributed by atoms with Gasteiger partial charge in [0.1, 0.15) is 0 Å². The smallest absolute Gasteiger partial charge is 0.154 e. The molecule has 9 heavy (non-hydrogen) atoms. The van der Waals surface area contributed by atoms with E-state index in [9.17, 15) is 0 Å². The molecule has 0 saturated carbocycles. The summed E-state index contributed by atoms with van der Waals surface area (Å²) in [5.74, 6) is 0.299. The molecule has 0 aliphatic rings. The molecule has 0 aliphatic carbocycles. The van der Waals surface area contributed by atoms with Gasteiger partial charge < -0.3 is 11.1 Å². The van der Waals surface area contributed by atoms with Crippen molar-refractivity contribution in [3.63, 3.8) is 0 Å². The topological polar surface area (TPSA) is 75.7 Å². The number of aromatic nitrogens is 2. The van der Waals surface area contributed by atoms with E-state index in [-0.39, 0.29) is 0 Å². The van der Waals surface area contributed by atoms with E-state index in [0.717, 1.165) is 6.21 Å². The second-order valence-corrected chi connectivity index (χ2v) is 1.52. The van der Waals surface area contributed by atoms with Crippen LogP contribution >= 0.6 is 0 Å². The minimum absolute atomic E-state index is 0.299. The molecule has 0 spiro atoms. The molecule has 46 valence electrons. The van der Waals surface area contributed by atoms with E-state index in [4.69, 9.17) is 11.1 Å². The summed E-state index contributed by atoms with van der Waals surface area (Å²) in [6.07, 6.45) is 2.64. The molecule has 0 saturated heterocycles. The molecule has 3 N–H and O–H groups in total. The molecule has 1 aromatic rings. The van der Waals surface area contributed by atoms with Crippen LogP contribution in [-0.2, 0) is 0 Å². The highest BCUT2D eigenvalue weighted by Crippen LogP contribution is 1.99. The molecular weight excluding hydrogens is 116 g/mol. The van der Waals surface area contributed by atoms with Gasteiger partial charge in [-0.1, -0.05) is 0 Å². The molecule has 0 atom stereocenters. The summed E-state index contributed by atoms with van der Waals surface area (Å²) in [4.78, 5) is 0. The van der Waals surface area contributed by atoms with Crippen molar-refractivity contribution in [2.45, 2.75) is 0 Å². The molecule has 1 heterocycles. The largest absolute Gasteiger partial charge is 0.382 e. The molecule has 0 amide bonds. The fourth-order valence-electron chi connectivity index (χ4n) is 0.474. The number of nitrogens with two attached hydrogens (primary N) is 1. The van der Waals surface area contributed by atoms with Gasteiger partial charge in [-0.2, -0.15) is 5.10 Å². The lowest BCUT2D eigenvalue weighted by molar-refractivity contribution is 1.04. The van der Waals surface area contributed by atoms with E-state index in [1.807, 2.05) is 0 Å². The van der Waals surface area contributed by atoms with Crippen LogP contribution in [0.1, 0.15) is 5.56 Å². The average Bonchev–Trinajstić information content (AvgIpc) is 1.89. The van der Waals surface area contributed by atoms with Gasteiger partial charge >= 0.3 is 0 Å². The van der Waals surface area contributed by atoms with Crippen molar-refractivity contribution in [2.75, 3.05) is 5.73 Å². The van der Waals surface area contributed by atoms with Crippen LogP contribution in [0.15, 0.2) is 12.3 Å². The van der Waals surface area contributed by atoms with E-state index in [0.29, 0.717) is 11.4 Å². The van der Waals surface area contributed by atoms with Crippen LogP contribution in [-0.4, -0.2) is 16.4 Å². The monoisotopic (exact) mass is 122 g/mol. The van der Waals surface area contributed by atoms with Crippen molar-refractivity contribution in [3.8, 4) is 0 Å².